The average Bonchev–Trinajstić information content (AvgIpc) is 2.61. The van der Waals surface area contributed by atoms with Crippen molar-refractivity contribution in [3.05, 3.63) is 29.8 Å². The molecule has 6 heteroatoms. The molecule has 0 aliphatic carbocycles. The Kier molecular flexibility index (Phi) is 5.13. The first-order chi connectivity index (χ1) is 11.5. The van der Waals surface area contributed by atoms with E-state index in [1.54, 1.807) is 24.3 Å². The summed E-state index contributed by atoms with van der Waals surface area (Å²) in [4.78, 5) is 14.8. The molecule has 0 radical (unpaired) electrons. The van der Waals surface area contributed by atoms with Gasteiger partial charge in [-0.3, -0.25) is 9.10 Å². The van der Waals surface area contributed by atoms with Crippen LogP contribution in [0.1, 0.15) is 55.8 Å². The molecule has 132 valence electrons. The Balaban J connectivity index is 1.77. The maximum atomic E-state index is 12.8. The number of nitrogens with zero attached hydrogens (tertiary/aromatic N) is 2. The third kappa shape index (κ3) is 3.43. The van der Waals surface area contributed by atoms with E-state index in [-0.39, 0.29) is 11.7 Å². The summed E-state index contributed by atoms with van der Waals surface area (Å²) < 4.78 is 25.8. The number of sulfonamides is 1. The monoisotopic (exact) mass is 350 g/mol. The van der Waals surface area contributed by atoms with Crippen LogP contribution in [-0.4, -0.2) is 44.1 Å². The lowest BCUT2D eigenvalue weighted by Gasteiger charge is -2.35. The van der Waals surface area contributed by atoms with Crippen LogP contribution in [0.4, 0.5) is 5.69 Å². The first kappa shape index (κ1) is 17.3. The van der Waals surface area contributed by atoms with Crippen molar-refractivity contribution in [2.45, 2.75) is 51.5 Å². The zero-order valence-corrected chi connectivity index (χ0v) is 15.1. The van der Waals surface area contributed by atoms with Crippen molar-refractivity contribution < 1.29 is 13.2 Å². The Bertz CT molecular complexity index is 685. The van der Waals surface area contributed by atoms with Crippen LogP contribution in [0.5, 0.6) is 0 Å². The molecule has 1 amide bonds. The number of anilines is 1. The van der Waals surface area contributed by atoms with Crippen LogP contribution in [0.2, 0.25) is 0 Å². The zero-order valence-electron chi connectivity index (χ0n) is 14.3. The van der Waals surface area contributed by atoms with Gasteiger partial charge in [0.1, 0.15) is 0 Å². The molecule has 2 saturated heterocycles. The topological polar surface area (TPSA) is 57.7 Å². The van der Waals surface area contributed by atoms with Crippen LogP contribution < -0.4 is 4.31 Å². The number of carbonyl (C=O) groups excluding carboxylic acids is 1. The highest BCUT2D eigenvalue weighted by molar-refractivity contribution is 7.92. The van der Waals surface area contributed by atoms with Crippen LogP contribution in [0, 0.1) is 0 Å². The smallest absolute Gasteiger partial charge is 0.254 e. The average molecular weight is 350 g/mol. The van der Waals surface area contributed by atoms with E-state index in [2.05, 4.69) is 6.92 Å². The number of benzene rings is 1. The van der Waals surface area contributed by atoms with E-state index in [0.29, 0.717) is 23.8 Å². The van der Waals surface area contributed by atoms with Crippen molar-refractivity contribution in [2.24, 2.45) is 0 Å². The first-order valence-corrected chi connectivity index (χ1v) is 10.6. The fraction of sp³-hybridized carbons (Fsp3) is 0.611. The van der Waals surface area contributed by atoms with Gasteiger partial charge in [0.15, 0.2) is 0 Å². The number of piperidine rings is 1. The quantitative estimate of drug-likeness (QED) is 0.842. The van der Waals surface area contributed by atoms with Gasteiger partial charge in [-0.25, -0.2) is 8.42 Å². The highest BCUT2D eigenvalue weighted by Crippen LogP contribution is 2.26. The third-order valence-electron chi connectivity index (χ3n) is 5.11. The Labute approximate surface area is 144 Å². The van der Waals surface area contributed by atoms with Gasteiger partial charge in [0.25, 0.3) is 5.91 Å². The number of amides is 1. The predicted octanol–water partition coefficient (Wildman–Crippen LogP) is 3.02. The van der Waals surface area contributed by atoms with Gasteiger partial charge in [-0.1, -0.05) is 6.92 Å². The van der Waals surface area contributed by atoms with Gasteiger partial charge in [-0.2, -0.15) is 0 Å². The summed E-state index contributed by atoms with van der Waals surface area (Å²) in [5, 5.41) is 0. The molecule has 1 aromatic rings. The van der Waals surface area contributed by atoms with E-state index in [0.717, 1.165) is 38.6 Å². The molecule has 2 aliphatic rings. The fourth-order valence-corrected chi connectivity index (χ4v) is 5.35. The predicted molar refractivity (Wildman–Crippen MR) is 95.8 cm³/mol. The molecular weight excluding hydrogens is 324 g/mol. The fourth-order valence-electron chi connectivity index (χ4n) is 3.71. The molecule has 0 bridgehead atoms. The lowest BCUT2D eigenvalue weighted by molar-refractivity contribution is 0.0608. The molecule has 0 spiro atoms. The van der Waals surface area contributed by atoms with Crippen molar-refractivity contribution >= 4 is 21.6 Å². The minimum Gasteiger partial charge on any atom is -0.336 e. The summed E-state index contributed by atoms with van der Waals surface area (Å²) in [6, 6.07) is 7.39. The minimum absolute atomic E-state index is 0.0644. The summed E-state index contributed by atoms with van der Waals surface area (Å²) >= 11 is 0. The molecule has 5 nitrogen and oxygen atoms in total. The number of carbonyl (C=O) groups is 1. The van der Waals surface area contributed by atoms with Gasteiger partial charge in [-0.05, 0) is 62.8 Å². The second-order valence-corrected chi connectivity index (χ2v) is 8.71. The van der Waals surface area contributed by atoms with Crippen LogP contribution >= 0.6 is 0 Å². The Hall–Kier alpha value is -1.56. The van der Waals surface area contributed by atoms with Gasteiger partial charge in [0.2, 0.25) is 10.0 Å². The van der Waals surface area contributed by atoms with E-state index in [4.69, 9.17) is 0 Å². The van der Waals surface area contributed by atoms with Gasteiger partial charge >= 0.3 is 0 Å². The largest absolute Gasteiger partial charge is 0.336 e. The molecule has 2 aliphatic heterocycles. The second-order valence-electron chi connectivity index (χ2n) is 6.70. The Morgan fingerprint density at radius 2 is 1.79 bits per heavy atom. The van der Waals surface area contributed by atoms with Crippen LogP contribution in [0.3, 0.4) is 0 Å². The molecule has 2 fully saturated rings. The molecule has 3 rings (SSSR count). The van der Waals surface area contributed by atoms with Gasteiger partial charge < -0.3 is 4.90 Å². The summed E-state index contributed by atoms with van der Waals surface area (Å²) in [6.45, 7) is 3.47. The second kappa shape index (κ2) is 7.13. The number of likely N-dealkylation sites (tertiary alicyclic amines) is 1. The van der Waals surface area contributed by atoms with Crippen LogP contribution in [0.15, 0.2) is 24.3 Å². The number of hydrogen-bond acceptors (Lipinski definition) is 3. The van der Waals surface area contributed by atoms with E-state index < -0.39 is 10.0 Å². The van der Waals surface area contributed by atoms with Crippen LogP contribution in [-0.2, 0) is 10.0 Å². The van der Waals surface area contributed by atoms with Crippen LogP contribution in [0.25, 0.3) is 0 Å². The van der Waals surface area contributed by atoms with E-state index >= 15 is 0 Å². The van der Waals surface area contributed by atoms with E-state index in [1.165, 1.54) is 10.7 Å². The standard InChI is InChI=1S/C18H26N2O3S/c1-2-16-7-3-4-12-19(16)18(21)15-8-10-17(11-9-15)20-13-5-6-14-24(20,22)23/h8-11,16H,2-7,12-14H2,1H3. The van der Waals surface area contributed by atoms with Crippen molar-refractivity contribution in [1.82, 2.24) is 4.90 Å². The molecule has 0 saturated carbocycles. The van der Waals surface area contributed by atoms with E-state index in [1.807, 2.05) is 4.90 Å². The van der Waals surface area contributed by atoms with Gasteiger partial charge in [0.05, 0.1) is 11.4 Å². The SMILES string of the molecule is CCC1CCCCN1C(=O)c1ccc(N2CCCCS2(=O)=O)cc1. The highest BCUT2D eigenvalue weighted by atomic mass is 32.2. The summed E-state index contributed by atoms with van der Waals surface area (Å²) in [5.74, 6) is 0.272. The summed E-state index contributed by atoms with van der Waals surface area (Å²) in [6.07, 6.45) is 5.91. The molecule has 0 N–H and O–H groups in total. The molecule has 1 unspecified atom stereocenters. The maximum absolute atomic E-state index is 12.8. The first-order valence-electron chi connectivity index (χ1n) is 8.94. The molecule has 24 heavy (non-hydrogen) atoms. The zero-order chi connectivity index (χ0) is 17.2. The molecule has 1 atom stereocenters. The maximum Gasteiger partial charge on any atom is 0.254 e. The lowest BCUT2D eigenvalue weighted by Crippen LogP contribution is -2.43. The highest BCUT2D eigenvalue weighted by Gasteiger charge is 2.28. The van der Waals surface area contributed by atoms with Gasteiger partial charge in [-0.15, -0.1) is 0 Å². The van der Waals surface area contributed by atoms with Crippen molar-refractivity contribution in [1.29, 1.82) is 0 Å². The number of rotatable bonds is 3. The minimum atomic E-state index is -3.20. The van der Waals surface area contributed by atoms with Gasteiger partial charge in [0, 0.05) is 24.7 Å². The van der Waals surface area contributed by atoms with E-state index in [9.17, 15) is 13.2 Å². The Morgan fingerprint density at radius 3 is 2.46 bits per heavy atom. The molecule has 0 aromatic heterocycles. The third-order valence-corrected chi connectivity index (χ3v) is 6.98. The summed E-state index contributed by atoms with van der Waals surface area (Å²) in [7, 11) is -3.20. The normalized spacial score (nSPS) is 24.0. The van der Waals surface area contributed by atoms with Crippen molar-refractivity contribution in [2.75, 3.05) is 23.1 Å². The Morgan fingerprint density at radius 1 is 1.08 bits per heavy atom. The molecule has 1 aromatic carbocycles. The van der Waals surface area contributed by atoms with Crippen molar-refractivity contribution in [3.8, 4) is 0 Å². The molecule has 2 heterocycles. The van der Waals surface area contributed by atoms with Crippen molar-refractivity contribution in [3.63, 3.8) is 0 Å². The number of hydrogen-bond donors (Lipinski definition) is 0. The molecular formula is C18H26N2O3S. The lowest BCUT2D eigenvalue weighted by atomic mass is 9.99. The summed E-state index contributed by atoms with van der Waals surface area (Å²) in [5.41, 5.74) is 1.31.